The van der Waals surface area contributed by atoms with Gasteiger partial charge in [0, 0.05) is 44.2 Å². The van der Waals surface area contributed by atoms with Gasteiger partial charge >= 0.3 is 0 Å². The summed E-state index contributed by atoms with van der Waals surface area (Å²) in [7, 11) is 0. The van der Waals surface area contributed by atoms with E-state index in [0.29, 0.717) is 0 Å². The van der Waals surface area contributed by atoms with E-state index < -0.39 is 0 Å². The molecule has 0 bridgehead atoms. The van der Waals surface area contributed by atoms with E-state index in [4.69, 9.17) is 0 Å². The Morgan fingerprint density at radius 2 is 1.81 bits per heavy atom. The quantitative estimate of drug-likeness (QED) is 0.633. The predicted octanol–water partition coefficient (Wildman–Crippen LogP) is 1.48. The standard InChI is InChI=1S/C15H24N2O3.ClH/c1-15(2,10-18)14(17-7-5-16-6-8-17)11-3-4-12(19)13(20)9-11;/h3-4,9,14,16,18-20H,5-8,10H2,1-2H3;1H/t14-;/m0./s1. The van der Waals surface area contributed by atoms with Crippen LogP contribution in [0.15, 0.2) is 18.2 Å². The number of hydrogen-bond donors (Lipinski definition) is 4. The van der Waals surface area contributed by atoms with E-state index in [9.17, 15) is 15.3 Å². The molecule has 21 heavy (non-hydrogen) atoms. The number of nitrogens with zero attached hydrogens (tertiary/aromatic N) is 1. The Morgan fingerprint density at radius 3 is 2.33 bits per heavy atom. The zero-order valence-corrected chi connectivity index (χ0v) is 13.4. The van der Waals surface area contributed by atoms with Gasteiger partial charge in [-0.3, -0.25) is 4.90 Å². The third-order valence-electron chi connectivity index (χ3n) is 3.98. The van der Waals surface area contributed by atoms with Crippen LogP contribution in [0.25, 0.3) is 0 Å². The molecule has 6 heteroatoms. The fraction of sp³-hybridized carbons (Fsp3) is 0.600. The SMILES string of the molecule is CC(C)(CO)[C@H](c1ccc(O)c(O)c1)N1CCNCC1.Cl. The molecule has 2 rings (SSSR count). The molecule has 1 fully saturated rings. The first-order chi connectivity index (χ1) is 9.45. The van der Waals surface area contributed by atoms with Crippen LogP contribution in [0, 0.1) is 5.41 Å². The summed E-state index contributed by atoms with van der Waals surface area (Å²) in [6.45, 7) is 7.73. The third-order valence-corrected chi connectivity index (χ3v) is 3.98. The largest absolute Gasteiger partial charge is 0.504 e. The Bertz CT molecular complexity index is 462. The predicted molar refractivity (Wildman–Crippen MR) is 85.1 cm³/mol. The van der Waals surface area contributed by atoms with Gasteiger partial charge < -0.3 is 20.6 Å². The van der Waals surface area contributed by atoms with Crippen molar-refractivity contribution in [3.63, 3.8) is 0 Å². The first kappa shape index (κ1) is 18.0. The molecule has 1 aliphatic rings. The van der Waals surface area contributed by atoms with Crippen LogP contribution in [0.4, 0.5) is 0 Å². The summed E-state index contributed by atoms with van der Waals surface area (Å²) in [5.74, 6) is -0.231. The van der Waals surface area contributed by atoms with Crippen LogP contribution in [0.2, 0.25) is 0 Å². The molecule has 0 radical (unpaired) electrons. The molecule has 4 N–H and O–H groups in total. The van der Waals surface area contributed by atoms with E-state index in [1.807, 2.05) is 19.9 Å². The molecular formula is C15H25ClN2O3. The highest BCUT2D eigenvalue weighted by atomic mass is 35.5. The van der Waals surface area contributed by atoms with Crippen molar-refractivity contribution < 1.29 is 15.3 Å². The molecule has 1 aromatic rings. The Morgan fingerprint density at radius 1 is 1.19 bits per heavy atom. The van der Waals surface area contributed by atoms with Crippen LogP contribution >= 0.6 is 12.4 Å². The number of phenolic OH excluding ortho intramolecular Hbond substituents is 2. The van der Waals surface area contributed by atoms with Crippen molar-refractivity contribution in [1.82, 2.24) is 10.2 Å². The molecule has 5 nitrogen and oxygen atoms in total. The van der Waals surface area contributed by atoms with Crippen LogP contribution in [-0.4, -0.2) is 53.0 Å². The average molecular weight is 317 g/mol. The molecular weight excluding hydrogens is 292 g/mol. The lowest BCUT2D eigenvalue weighted by molar-refractivity contribution is 0.0304. The van der Waals surface area contributed by atoms with Gasteiger partial charge in [-0.1, -0.05) is 19.9 Å². The molecule has 1 heterocycles. The molecule has 1 aromatic carbocycles. The van der Waals surface area contributed by atoms with E-state index in [0.717, 1.165) is 31.7 Å². The average Bonchev–Trinajstić information content (AvgIpc) is 2.44. The van der Waals surface area contributed by atoms with E-state index in [1.165, 1.54) is 6.07 Å². The van der Waals surface area contributed by atoms with Crippen molar-refractivity contribution in [2.45, 2.75) is 19.9 Å². The first-order valence-electron chi connectivity index (χ1n) is 7.03. The highest BCUT2D eigenvalue weighted by Crippen LogP contribution is 2.40. The number of aliphatic hydroxyl groups is 1. The number of phenols is 2. The number of aromatic hydroxyl groups is 2. The van der Waals surface area contributed by atoms with Crippen molar-refractivity contribution in [1.29, 1.82) is 0 Å². The smallest absolute Gasteiger partial charge is 0.157 e. The summed E-state index contributed by atoms with van der Waals surface area (Å²) in [5.41, 5.74) is 0.585. The van der Waals surface area contributed by atoms with Gasteiger partial charge in [0.1, 0.15) is 0 Å². The molecule has 120 valence electrons. The maximum absolute atomic E-state index is 9.74. The third kappa shape index (κ3) is 4.01. The molecule has 0 aromatic heterocycles. The number of benzene rings is 1. The van der Waals surface area contributed by atoms with Crippen molar-refractivity contribution >= 4 is 12.4 Å². The molecule has 0 saturated carbocycles. The van der Waals surface area contributed by atoms with Crippen LogP contribution in [0.3, 0.4) is 0 Å². The summed E-state index contributed by atoms with van der Waals surface area (Å²) >= 11 is 0. The Hall–Kier alpha value is -1.01. The van der Waals surface area contributed by atoms with Gasteiger partial charge in [-0.2, -0.15) is 0 Å². The number of piperazine rings is 1. The second kappa shape index (κ2) is 7.31. The van der Waals surface area contributed by atoms with Gasteiger partial charge in [0.05, 0.1) is 0 Å². The van der Waals surface area contributed by atoms with Crippen LogP contribution in [0.1, 0.15) is 25.5 Å². The zero-order chi connectivity index (χ0) is 14.8. The number of aliphatic hydroxyl groups excluding tert-OH is 1. The van der Waals surface area contributed by atoms with E-state index >= 15 is 0 Å². The monoisotopic (exact) mass is 316 g/mol. The minimum absolute atomic E-state index is 0. The summed E-state index contributed by atoms with van der Waals surface area (Å²) in [5, 5.41) is 32.3. The second-order valence-corrected chi connectivity index (χ2v) is 6.08. The normalized spacial score (nSPS) is 18.0. The number of halogens is 1. The highest BCUT2D eigenvalue weighted by molar-refractivity contribution is 5.85. The summed E-state index contributed by atoms with van der Waals surface area (Å²) in [6.07, 6.45) is 0. The van der Waals surface area contributed by atoms with E-state index in [2.05, 4.69) is 10.2 Å². The molecule has 1 saturated heterocycles. The van der Waals surface area contributed by atoms with Crippen molar-refractivity contribution in [3.8, 4) is 11.5 Å². The Balaban J connectivity index is 0.00000220. The van der Waals surface area contributed by atoms with Gasteiger partial charge in [-0.05, 0) is 17.7 Å². The maximum atomic E-state index is 9.74. The van der Waals surface area contributed by atoms with E-state index in [1.54, 1.807) is 6.07 Å². The first-order valence-corrected chi connectivity index (χ1v) is 7.03. The van der Waals surface area contributed by atoms with Crippen LogP contribution in [-0.2, 0) is 0 Å². The number of hydrogen-bond acceptors (Lipinski definition) is 5. The van der Waals surface area contributed by atoms with Gasteiger partial charge in [0.2, 0.25) is 0 Å². The summed E-state index contributed by atoms with van der Waals surface area (Å²) in [4.78, 5) is 2.32. The molecule has 0 aliphatic carbocycles. The number of rotatable bonds is 4. The van der Waals surface area contributed by atoms with Crippen LogP contribution in [0.5, 0.6) is 11.5 Å². The summed E-state index contributed by atoms with van der Waals surface area (Å²) < 4.78 is 0. The molecule has 0 amide bonds. The molecule has 0 spiro atoms. The molecule has 0 unspecified atom stereocenters. The molecule has 1 atom stereocenters. The highest BCUT2D eigenvalue weighted by Gasteiger charge is 2.35. The van der Waals surface area contributed by atoms with Crippen molar-refractivity contribution in [2.75, 3.05) is 32.8 Å². The Labute approximate surface area is 132 Å². The van der Waals surface area contributed by atoms with Gasteiger partial charge in [0.25, 0.3) is 0 Å². The van der Waals surface area contributed by atoms with E-state index in [-0.39, 0.29) is 42.0 Å². The fourth-order valence-electron chi connectivity index (χ4n) is 2.89. The second-order valence-electron chi connectivity index (χ2n) is 6.08. The van der Waals surface area contributed by atoms with Crippen molar-refractivity contribution in [3.05, 3.63) is 23.8 Å². The zero-order valence-electron chi connectivity index (χ0n) is 12.5. The lowest BCUT2D eigenvalue weighted by atomic mass is 9.79. The van der Waals surface area contributed by atoms with Crippen LogP contribution < -0.4 is 5.32 Å². The molecule has 1 aliphatic heterocycles. The topological polar surface area (TPSA) is 76.0 Å². The van der Waals surface area contributed by atoms with Gasteiger partial charge in [-0.25, -0.2) is 0 Å². The van der Waals surface area contributed by atoms with Crippen molar-refractivity contribution in [2.24, 2.45) is 5.41 Å². The van der Waals surface area contributed by atoms with Gasteiger partial charge in [0.15, 0.2) is 11.5 Å². The van der Waals surface area contributed by atoms with Gasteiger partial charge in [-0.15, -0.1) is 12.4 Å². The maximum Gasteiger partial charge on any atom is 0.157 e. The minimum atomic E-state index is -0.333. The number of nitrogens with one attached hydrogen (secondary N) is 1. The lowest BCUT2D eigenvalue weighted by Gasteiger charge is -2.43. The fourth-order valence-corrected chi connectivity index (χ4v) is 2.89. The minimum Gasteiger partial charge on any atom is -0.504 e. The Kier molecular flexibility index (Phi) is 6.28. The summed E-state index contributed by atoms with van der Waals surface area (Å²) in [6, 6.07) is 4.92. The lowest BCUT2D eigenvalue weighted by Crippen LogP contribution is -2.49.